The number of anilines is 3. The fraction of sp³-hybridized carbons (Fsp3) is 0.105. The van der Waals surface area contributed by atoms with Crippen LogP contribution in [0.4, 0.5) is 21.6 Å². The summed E-state index contributed by atoms with van der Waals surface area (Å²) in [5, 5.41) is 5.64. The van der Waals surface area contributed by atoms with Gasteiger partial charge in [0.2, 0.25) is 0 Å². The molecule has 0 unspecified atom stereocenters. The van der Waals surface area contributed by atoms with E-state index in [-0.39, 0.29) is 10.7 Å². The highest BCUT2D eigenvalue weighted by molar-refractivity contribution is 6.31. The van der Waals surface area contributed by atoms with Gasteiger partial charge in [0.05, 0.1) is 17.3 Å². The van der Waals surface area contributed by atoms with Crippen molar-refractivity contribution in [3.63, 3.8) is 0 Å². The lowest BCUT2D eigenvalue weighted by Crippen LogP contribution is -2.14. The standard InChI is InChI=1S/C19H16ClFN4O2/c1-2-27-17-6-4-3-5-15(17)25-18-10-16(22-11-23-18)19(26)24-12-7-8-14(21)13(20)9-12/h3-11H,2H2,1H3,(H,24,26)(H,22,23,25). The summed E-state index contributed by atoms with van der Waals surface area (Å²) in [4.78, 5) is 20.5. The van der Waals surface area contributed by atoms with E-state index < -0.39 is 11.7 Å². The van der Waals surface area contributed by atoms with Crippen LogP contribution >= 0.6 is 11.6 Å². The number of nitrogens with one attached hydrogen (secondary N) is 2. The van der Waals surface area contributed by atoms with Crippen LogP contribution in [0.3, 0.4) is 0 Å². The average molecular weight is 387 g/mol. The van der Waals surface area contributed by atoms with E-state index in [1.807, 2.05) is 31.2 Å². The number of rotatable bonds is 6. The Morgan fingerprint density at radius 3 is 2.78 bits per heavy atom. The molecule has 0 radical (unpaired) electrons. The number of hydrogen-bond acceptors (Lipinski definition) is 5. The van der Waals surface area contributed by atoms with E-state index in [2.05, 4.69) is 20.6 Å². The normalized spacial score (nSPS) is 10.3. The summed E-state index contributed by atoms with van der Waals surface area (Å²) in [6.07, 6.45) is 1.28. The van der Waals surface area contributed by atoms with E-state index in [1.54, 1.807) is 0 Å². The van der Waals surface area contributed by atoms with E-state index in [1.165, 1.54) is 30.6 Å². The van der Waals surface area contributed by atoms with Gasteiger partial charge in [0.25, 0.3) is 5.91 Å². The first-order chi connectivity index (χ1) is 13.1. The van der Waals surface area contributed by atoms with Crippen LogP contribution in [0.1, 0.15) is 17.4 Å². The molecule has 1 aromatic heterocycles. The van der Waals surface area contributed by atoms with Crippen molar-refractivity contribution in [1.82, 2.24) is 9.97 Å². The molecule has 3 rings (SSSR count). The summed E-state index contributed by atoms with van der Waals surface area (Å²) in [6, 6.07) is 12.8. The number of aromatic nitrogens is 2. The van der Waals surface area contributed by atoms with Gasteiger partial charge in [-0.3, -0.25) is 4.79 Å². The number of ether oxygens (including phenoxy) is 1. The Morgan fingerprint density at radius 2 is 2.00 bits per heavy atom. The lowest BCUT2D eigenvalue weighted by molar-refractivity contribution is 0.102. The van der Waals surface area contributed by atoms with Gasteiger partial charge in [-0.05, 0) is 37.3 Å². The molecule has 2 aromatic carbocycles. The molecule has 0 bridgehead atoms. The van der Waals surface area contributed by atoms with E-state index in [0.29, 0.717) is 23.9 Å². The molecule has 0 atom stereocenters. The minimum atomic E-state index is -0.559. The minimum absolute atomic E-state index is 0.0784. The molecule has 0 saturated carbocycles. The predicted octanol–water partition coefficient (Wildman–Crippen LogP) is 4.66. The summed E-state index contributed by atoms with van der Waals surface area (Å²) in [6.45, 7) is 2.42. The Hall–Kier alpha value is -3.19. The zero-order valence-corrected chi connectivity index (χ0v) is 15.1. The number of benzene rings is 2. The van der Waals surface area contributed by atoms with E-state index in [0.717, 1.165) is 5.69 Å². The highest BCUT2D eigenvalue weighted by atomic mass is 35.5. The van der Waals surface area contributed by atoms with Crippen molar-refractivity contribution in [1.29, 1.82) is 0 Å². The Bertz CT molecular complexity index is 968. The van der Waals surface area contributed by atoms with E-state index >= 15 is 0 Å². The first-order valence-corrected chi connectivity index (χ1v) is 8.52. The predicted molar refractivity (Wildman–Crippen MR) is 102 cm³/mol. The molecule has 0 spiro atoms. The van der Waals surface area contributed by atoms with Gasteiger partial charge < -0.3 is 15.4 Å². The maximum Gasteiger partial charge on any atom is 0.274 e. The van der Waals surface area contributed by atoms with Gasteiger partial charge in [-0.25, -0.2) is 14.4 Å². The van der Waals surface area contributed by atoms with Crippen LogP contribution in [-0.2, 0) is 0 Å². The highest BCUT2D eigenvalue weighted by Crippen LogP contribution is 2.26. The molecule has 6 nitrogen and oxygen atoms in total. The molecular weight excluding hydrogens is 371 g/mol. The number of halogens is 2. The zero-order valence-electron chi connectivity index (χ0n) is 14.4. The fourth-order valence-corrected chi connectivity index (χ4v) is 2.49. The average Bonchev–Trinajstić information content (AvgIpc) is 2.67. The van der Waals surface area contributed by atoms with Gasteiger partial charge in [-0.1, -0.05) is 23.7 Å². The van der Waals surface area contributed by atoms with Crippen LogP contribution in [0.5, 0.6) is 5.75 Å². The molecule has 2 N–H and O–H groups in total. The van der Waals surface area contributed by atoms with Gasteiger partial charge in [0, 0.05) is 11.8 Å². The van der Waals surface area contributed by atoms with Gasteiger partial charge in [-0.2, -0.15) is 0 Å². The second-order valence-electron chi connectivity index (χ2n) is 5.43. The third kappa shape index (κ3) is 4.71. The SMILES string of the molecule is CCOc1ccccc1Nc1cc(C(=O)Nc2ccc(F)c(Cl)c2)ncn1. The van der Waals surface area contributed by atoms with Crippen molar-refractivity contribution in [3.05, 3.63) is 71.4 Å². The van der Waals surface area contributed by atoms with Gasteiger partial charge >= 0.3 is 0 Å². The molecule has 27 heavy (non-hydrogen) atoms. The van der Waals surface area contributed by atoms with Gasteiger partial charge in [-0.15, -0.1) is 0 Å². The van der Waals surface area contributed by atoms with Crippen LogP contribution in [-0.4, -0.2) is 22.5 Å². The third-order valence-corrected chi connectivity index (χ3v) is 3.82. The first-order valence-electron chi connectivity index (χ1n) is 8.14. The lowest BCUT2D eigenvalue weighted by Gasteiger charge is -2.12. The summed E-state index contributed by atoms with van der Waals surface area (Å²) in [5.74, 6) is 0.0716. The Morgan fingerprint density at radius 1 is 1.19 bits per heavy atom. The quantitative estimate of drug-likeness (QED) is 0.644. The van der Waals surface area contributed by atoms with Crippen molar-refractivity contribution in [2.45, 2.75) is 6.92 Å². The molecule has 0 aliphatic carbocycles. The third-order valence-electron chi connectivity index (χ3n) is 3.53. The van der Waals surface area contributed by atoms with Gasteiger partial charge in [0.15, 0.2) is 0 Å². The van der Waals surface area contributed by atoms with Crippen LogP contribution in [0.15, 0.2) is 54.9 Å². The lowest BCUT2D eigenvalue weighted by atomic mass is 10.2. The Labute approximate surface area is 160 Å². The smallest absolute Gasteiger partial charge is 0.274 e. The summed E-state index contributed by atoms with van der Waals surface area (Å²) >= 11 is 5.73. The van der Waals surface area contributed by atoms with Crippen LogP contribution < -0.4 is 15.4 Å². The molecule has 1 heterocycles. The topological polar surface area (TPSA) is 76.1 Å². The van der Waals surface area contributed by atoms with Crippen LogP contribution in [0.25, 0.3) is 0 Å². The zero-order chi connectivity index (χ0) is 19.2. The Balaban J connectivity index is 1.77. The van der Waals surface area contributed by atoms with E-state index in [9.17, 15) is 9.18 Å². The maximum absolute atomic E-state index is 13.2. The minimum Gasteiger partial charge on any atom is -0.492 e. The summed E-state index contributed by atoms with van der Waals surface area (Å²) in [5.41, 5.74) is 1.22. The van der Waals surface area contributed by atoms with Crippen molar-refractivity contribution < 1.29 is 13.9 Å². The van der Waals surface area contributed by atoms with Crippen molar-refractivity contribution in [2.75, 3.05) is 17.2 Å². The molecule has 138 valence electrons. The summed E-state index contributed by atoms with van der Waals surface area (Å²) < 4.78 is 18.8. The second-order valence-corrected chi connectivity index (χ2v) is 5.83. The highest BCUT2D eigenvalue weighted by Gasteiger charge is 2.11. The van der Waals surface area contributed by atoms with Crippen LogP contribution in [0.2, 0.25) is 5.02 Å². The summed E-state index contributed by atoms with van der Waals surface area (Å²) in [7, 11) is 0. The molecule has 0 saturated heterocycles. The second kappa shape index (κ2) is 8.46. The number of para-hydroxylation sites is 2. The van der Waals surface area contributed by atoms with Gasteiger partial charge in [0.1, 0.15) is 29.4 Å². The number of carbonyl (C=O) groups excluding carboxylic acids is 1. The number of carbonyl (C=O) groups is 1. The van der Waals surface area contributed by atoms with Crippen molar-refractivity contribution in [3.8, 4) is 5.75 Å². The van der Waals surface area contributed by atoms with Crippen molar-refractivity contribution >= 4 is 34.7 Å². The largest absolute Gasteiger partial charge is 0.492 e. The van der Waals surface area contributed by atoms with Crippen LogP contribution in [0, 0.1) is 5.82 Å². The molecule has 0 aliphatic rings. The molecule has 3 aromatic rings. The maximum atomic E-state index is 13.2. The molecule has 0 fully saturated rings. The molecule has 8 heteroatoms. The molecular formula is C19H16ClFN4O2. The first kappa shape index (κ1) is 18.6. The monoisotopic (exact) mass is 386 g/mol. The number of hydrogen-bond donors (Lipinski definition) is 2. The molecule has 0 aliphatic heterocycles. The Kier molecular flexibility index (Phi) is 5.83. The van der Waals surface area contributed by atoms with E-state index in [4.69, 9.17) is 16.3 Å². The van der Waals surface area contributed by atoms with Crippen molar-refractivity contribution in [2.24, 2.45) is 0 Å². The number of nitrogens with zero attached hydrogens (tertiary/aromatic N) is 2. The number of amides is 1. The molecule has 1 amide bonds. The fourth-order valence-electron chi connectivity index (χ4n) is 2.31.